The molecule has 0 atom stereocenters. The van der Waals surface area contributed by atoms with Crippen molar-refractivity contribution in [1.29, 1.82) is 0 Å². The smallest absolute Gasteiger partial charge is 0.534 e. The van der Waals surface area contributed by atoms with Gasteiger partial charge in [-0.25, -0.2) is 0 Å². The second kappa shape index (κ2) is 6.09. The molecule has 3 aliphatic rings. The van der Waals surface area contributed by atoms with Gasteiger partial charge in [0.2, 0.25) is 5.91 Å². The van der Waals surface area contributed by atoms with Crippen molar-refractivity contribution < 1.29 is 14.1 Å². The van der Waals surface area contributed by atoms with Crippen LogP contribution < -0.4 is 10.4 Å². The van der Waals surface area contributed by atoms with Crippen LogP contribution in [0.4, 0.5) is 5.69 Å². The van der Waals surface area contributed by atoms with E-state index in [-0.39, 0.29) is 7.12 Å². The van der Waals surface area contributed by atoms with Crippen molar-refractivity contribution in [2.45, 2.75) is 32.3 Å². The van der Waals surface area contributed by atoms with Gasteiger partial charge in [0.25, 0.3) is 0 Å². The predicted octanol–water partition coefficient (Wildman–Crippen LogP) is 1.78. The number of anilines is 1. The minimum Gasteiger partial charge on any atom is -0.534 e. The number of piperazine rings is 1. The number of nitrogens with zero attached hydrogens (tertiary/aromatic N) is 2. The van der Waals surface area contributed by atoms with E-state index in [1.54, 1.807) is 0 Å². The average Bonchev–Trinajstić information content (AvgIpc) is 3.42. The van der Waals surface area contributed by atoms with E-state index in [9.17, 15) is 4.79 Å². The summed E-state index contributed by atoms with van der Waals surface area (Å²) in [5, 5.41) is 0. The fourth-order valence-electron chi connectivity index (χ4n) is 3.38. The van der Waals surface area contributed by atoms with E-state index in [0.717, 1.165) is 44.5 Å². The van der Waals surface area contributed by atoms with Crippen LogP contribution in [0, 0.1) is 5.92 Å². The summed E-state index contributed by atoms with van der Waals surface area (Å²) in [6.07, 6.45) is 2.16. The molecule has 2 aliphatic heterocycles. The van der Waals surface area contributed by atoms with E-state index in [0.29, 0.717) is 17.6 Å². The van der Waals surface area contributed by atoms with Gasteiger partial charge in [-0.05, 0) is 44.3 Å². The molecule has 0 bridgehead atoms. The molecule has 1 aliphatic carbocycles. The highest BCUT2D eigenvalue weighted by molar-refractivity contribution is 6.62. The Balaban J connectivity index is 1.36. The van der Waals surface area contributed by atoms with E-state index in [1.807, 2.05) is 18.7 Å². The topological polar surface area (TPSA) is 42.0 Å². The first-order valence-electron chi connectivity index (χ1n) is 9.11. The van der Waals surface area contributed by atoms with Gasteiger partial charge in [-0.15, -0.1) is 0 Å². The van der Waals surface area contributed by atoms with Crippen LogP contribution in [0.3, 0.4) is 0 Å². The third-order valence-electron chi connectivity index (χ3n) is 5.37. The largest absolute Gasteiger partial charge is 0.563 e. The summed E-state index contributed by atoms with van der Waals surface area (Å²) in [5.41, 5.74) is 1.73. The first kappa shape index (κ1) is 16.5. The Labute approximate surface area is 149 Å². The van der Waals surface area contributed by atoms with Gasteiger partial charge in [0.05, 0.1) is 5.76 Å². The summed E-state index contributed by atoms with van der Waals surface area (Å²) in [6.45, 7) is 11.3. The molecule has 5 nitrogen and oxygen atoms in total. The van der Waals surface area contributed by atoms with Crippen LogP contribution in [-0.4, -0.2) is 49.7 Å². The van der Waals surface area contributed by atoms with Crippen molar-refractivity contribution in [2.24, 2.45) is 5.92 Å². The Kier molecular flexibility index (Phi) is 4.03. The van der Waals surface area contributed by atoms with Crippen LogP contribution in [0.25, 0.3) is 0 Å². The lowest BCUT2D eigenvalue weighted by atomic mass is 9.79. The van der Waals surface area contributed by atoms with E-state index < -0.39 is 5.60 Å². The first-order chi connectivity index (χ1) is 11.9. The van der Waals surface area contributed by atoms with Crippen LogP contribution in [0.2, 0.25) is 0 Å². The summed E-state index contributed by atoms with van der Waals surface area (Å²) < 4.78 is 11.7. The van der Waals surface area contributed by atoms with Gasteiger partial charge in [0.1, 0.15) is 5.60 Å². The van der Waals surface area contributed by atoms with Gasteiger partial charge in [-0.3, -0.25) is 4.79 Å². The Bertz CT molecular complexity index is 676. The maximum Gasteiger partial charge on any atom is 0.563 e. The third kappa shape index (κ3) is 3.27. The summed E-state index contributed by atoms with van der Waals surface area (Å²) in [5.74, 6) is 1.34. The normalized spacial score (nSPS) is 23.0. The lowest BCUT2D eigenvalue weighted by Crippen LogP contribution is -2.49. The van der Waals surface area contributed by atoms with Crippen molar-refractivity contribution >= 4 is 24.2 Å². The molecule has 0 radical (unpaired) electrons. The van der Waals surface area contributed by atoms with Crippen LogP contribution >= 0.6 is 0 Å². The summed E-state index contributed by atoms with van der Waals surface area (Å²) in [4.78, 5) is 16.5. The van der Waals surface area contributed by atoms with Crippen LogP contribution in [0.15, 0.2) is 36.6 Å². The zero-order chi connectivity index (χ0) is 17.6. The predicted molar refractivity (Wildman–Crippen MR) is 98.7 cm³/mol. The standard InChI is InChI=1S/C19H25BN2O3/c1-14-19(2,3)25-20(24-14)16-6-8-17(9-7-16)21-10-12-22(13-11-21)18(23)15-4-5-15/h6-9,15H,1,4-5,10-13H2,2-3H3. The molecule has 4 rings (SSSR count). The molecule has 0 spiro atoms. The van der Waals surface area contributed by atoms with E-state index >= 15 is 0 Å². The van der Waals surface area contributed by atoms with Crippen molar-refractivity contribution in [3.63, 3.8) is 0 Å². The third-order valence-corrected chi connectivity index (χ3v) is 5.37. The maximum absolute atomic E-state index is 12.1. The molecule has 1 aromatic carbocycles. The highest BCUT2D eigenvalue weighted by atomic mass is 16.7. The fourth-order valence-corrected chi connectivity index (χ4v) is 3.38. The number of hydrogen-bond acceptors (Lipinski definition) is 4. The molecule has 6 heteroatoms. The molecular weight excluding hydrogens is 315 g/mol. The molecule has 132 valence electrons. The van der Waals surface area contributed by atoms with Gasteiger partial charge in [-0.1, -0.05) is 18.7 Å². The zero-order valence-corrected chi connectivity index (χ0v) is 15.0. The van der Waals surface area contributed by atoms with Gasteiger partial charge in [0.15, 0.2) is 0 Å². The molecule has 2 heterocycles. The van der Waals surface area contributed by atoms with Gasteiger partial charge in [-0.2, -0.15) is 0 Å². The van der Waals surface area contributed by atoms with Gasteiger partial charge < -0.3 is 19.1 Å². The molecule has 3 fully saturated rings. The molecule has 0 N–H and O–H groups in total. The van der Waals surface area contributed by atoms with Crippen molar-refractivity contribution in [3.8, 4) is 0 Å². The Morgan fingerprint density at radius 2 is 1.80 bits per heavy atom. The fraction of sp³-hybridized carbons (Fsp3) is 0.526. The van der Waals surface area contributed by atoms with E-state index in [4.69, 9.17) is 9.31 Å². The number of rotatable bonds is 3. The number of carbonyl (C=O) groups excluding carboxylic acids is 1. The molecule has 1 saturated carbocycles. The molecule has 25 heavy (non-hydrogen) atoms. The van der Waals surface area contributed by atoms with Crippen LogP contribution in [0.5, 0.6) is 0 Å². The Morgan fingerprint density at radius 3 is 2.32 bits per heavy atom. The molecule has 2 saturated heterocycles. The highest BCUT2D eigenvalue weighted by Gasteiger charge is 2.42. The minimum absolute atomic E-state index is 0.316. The van der Waals surface area contributed by atoms with Crippen molar-refractivity contribution in [3.05, 3.63) is 36.6 Å². The summed E-state index contributed by atoms with van der Waals surface area (Å²) in [7, 11) is -0.385. The molecule has 1 amide bonds. The first-order valence-corrected chi connectivity index (χ1v) is 9.11. The molecule has 1 aromatic rings. The molecule has 0 unspecified atom stereocenters. The number of carbonyl (C=O) groups is 1. The Morgan fingerprint density at radius 1 is 1.16 bits per heavy atom. The SMILES string of the molecule is C=C1OB(c2ccc(N3CCN(C(=O)C4CC4)CC3)cc2)OC1(C)C. The molecular formula is C19H25BN2O3. The quantitative estimate of drug-likeness (QED) is 0.787. The lowest BCUT2D eigenvalue weighted by Gasteiger charge is -2.36. The number of benzene rings is 1. The number of hydrogen-bond donors (Lipinski definition) is 0. The minimum atomic E-state index is -0.451. The zero-order valence-electron chi connectivity index (χ0n) is 15.0. The van der Waals surface area contributed by atoms with Gasteiger partial charge in [0, 0.05) is 37.8 Å². The maximum atomic E-state index is 12.1. The Hall–Kier alpha value is -1.95. The summed E-state index contributed by atoms with van der Waals surface area (Å²) >= 11 is 0. The van der Waals surface area contributed by atoms with E-state index in [1.165, 1.54) is 5.69 Å². The molecule has 0 aromatic heterocycles. The van der Waals surface area contributed by atoms with Crippen molar-refractivity contribution in [1.82, 2.24) is 4.90 Å². The van der Waals surface area contributed by atoms with E-state index in [2.05, 4.69) is 35.7 Å². The second-order valence-corrected chi connectivity index (χ2v) is 7.68. The highest BCUT2D eigenvalue weighted by Crippen LogP contribution is 2.32. The van der Waals surface area contributed by atoms with Gasteiger partial charge >= 0.3 is 7.12 Å². The van der Waals surface area contributed by atoms with Crippen LogP contribution in [-0.2, 0) is 14.1 Å². The van der Waals surface area contributed by atoms with Crippen molar-refractivity contribution in [2.75, 3.05) is 31.1 Å². The lowest BCUT2D eigenvalue weighted by molar-refractivity contribution is -0.132. The monoisotopic (exact) mass is 340 g/mol. The second-order valence-electron chi connectivity index (χ2n) is 7.68. The number of amides is 1. The van der Waals surface area contributed by atoms with Crippen LogP contribution in [0.1, 0.15) is 26.7 Å². The average molecular weight is 340 g/mol. The summed E-state index contributed by atoms with van der Waals surface area (Å²) in [6, 6.07) is 8.32.